The number of carbonyl (C=O) groups excluding carboxylic acids is 3. The summed E-state index contributed by atoms with van der Waals surface area (Å²) < 4.78 is 30.7. The Bertz CT molecular complexity index is 764. The third-order valence-electron chi connectivity index (χ3n) is 3.88. The monoisotopic (exact) mass is 338 g/mol. The number of hydrogen-bond donors (Lipinski definition) is 0. The molecule has 3 rings (SSSR count). The third-order valence-corrected chi connectivity index (χ3v) is 5.72. The van der Waals surface area contributed by atoms with Crippen LogP contribution in [0, 0.1) is 0 Å². The number of cyclic esters (lactones) is 1. The lowest BCUT2D eigenvalue weighted by Crippen LogP contribution is -2.62. The Labute approximate surface area is 132 Å². The summed E-state index contributed by atoms with van der Waals surface area (Å²) >= 11 is 0. The van der Waals surface area contributed by atoms with E-state index >= 15 is 0 Å². The molecule has 9 heteroatoms. The quantitative estimate of drug-likeness (QED) is 0.729. The van der Waals surface area contributed by atoms with Crippen LogP contribution >= 0.6 is 0 Å². The summed E-state index contributed by atoms with van der Waals surface area (Å²) in [6, 6.07) is 5.15. The Hall–Kier alpha value is -2.26. The number of imide groups is 1. The number of nitrogens with zero attached hydrogens (tertiary/aromatic N) is 2. The van der Waals surface area contributed by atoms with Crippen LogP contribution in [0.1, 0.15) is 17.3 Å². The maximum atomic E-state index is 12.4. The molecule has 0 spiro atoms. The van der Waals surface area contributed by atoms with Gasteiger partial charge in [0.1, 0.15) is 0 Å². The zero-order valence-electron chi connectivity index (χ0n) is 12.3. The number of rotatable bonds is 4. The van der Waals surface area contributed by atoms with E-state index in [9.17, 15) is 22.8 Å². The second-order valence-corrected chi connectivity index (χ2v) is 7.31. The van der Waals surface area contributed by atoms with Crippen LogP contribution in [-0.2, 0) is 19.6 Å². The first-order chi connectivity index (χ1) is 10.8. The highest BCUT2D eigenvalue weighted by Crippen LogP contribution is 2.26. The Morgan fingerprint density at radius 3 is 2.26 bits per heavy atom. The fourth-order valence-corrected chi connectivity index (χ4v) is 4.02. The lowest BCUT2D eigenvalue weighted by atomic mass is 10.1. The molecule has 0 N–H and O–H groups in total. The van der Waals surface area contributed by atoms with Gasteiger partial charge in [-0.2, -0.15) is 4.31 Å². The molecule has 2 heterocycles. The van der Waals surface area contributed by atoms with Crippen molar-refractivity contribution in [2.24, 2.45) is 0 Å². The summed E-state index contributed by atoms with van der Waals surface area (Å²) in [7, 11) is -3.71. The van der Waals surface area contributed by atoms with Crippen molar-refractivity contribution in [3.63, 3.8) is 0 Å². The van der Waals surface area contributed by atoms with Crippen LogP contribution in [0.25, 0.3) is 0 Å². The molecule has 1 aromatic rings. The molecule has 2 amide bonds. The first-order valence-corrected chi connectivity index (χ1v) is 8.34. The van der Waals surface area contributed by atoms with Crippen molar-refractivity contribution in [3.05, 3.63) is 29.8 Å². The number of sulfonamides is 1. The topological polar surface area (TPSA) is 101 Å². The molecule has 0 aliphatic carbocycles. The van der Waals surface area contributed by atoms with Crippen molar-refractivity contribution in [2.45, 2.75) is 17.9 Å². The lowest BCUT2D eigenvalue weighted by molar-refractivity contribution is -0.128. The van der Waals surface area contributed by atoms with Gasteiger partial charge in [-0.15, -0.1) is 0 Å². The van der Waals surface area contributed by atoms with E-state index in [1.807, 2.05) is 0 Å². The molecule has 23 heavy (non-hydrogen) atoms. The molecule has 8 nitrogen and oxygen atoms in total. The van der Waals surface area contributed by atoms with E-state index in [4.69, 9.17) is 0 Å². The van der Waals surface area contributed by atoms with Crippen molar-refractivity contribution < 1.29 is 27.5 Å². The van der Waals surface area contributed by atoms with Crippen LogP contribution in [0.4, 0.5) is 4.79 Å². The molecule has 0 bridgehead atoms. The average Bonchev–Trinajstić information content (AvgIpc) is 2.78. The fraction of sp³-hybridized carbons (Fsp3) is 0.357. The van der Waals surface area contributed by atoms with E-state index in [-0.39, 0.29) is 30.4 Å². The summed E-state index contributed by atoms with van der Waals surface area (Å²) in [6.45, 7) is 1.18. The molecule has 2 saturated heterocycles. The highest BCUT2D eigenvalue weighted by Gasteiger charge is 2.46. The minimum Gasteiger partial charge on any atom is -0.439 e. The van der Waals surface area contributed by atoms with Crippen molar-refractivity contribution in [2.75, 3.05) is 19.7 Å². The fourth-order valence-electron chi connectivity index (χ4n) is 2.50. The van der Waals surface area contributed by atoms with Crippen LogP contribution in [-0.4, -0.2) is 61.1 Å². The van der Waals surface area contributed by atoms with Gasteiger partial charge in [-0.3, -0.25) is 9.59 Å². The lowest BCUT2D eigenvalue weighted by Gasteiger charge is -2.40. The predicted octanol–water partition coefficient (Wildman–Crippen LogP) is 0.241. The smallest absolute Gasteiger partial charge is 0.417 e. The van der Waals surface area contributed by atoms with Gasteiger partial charge in [0.15, 0.2) is 12.4 Å². The Morgan fingerprint density at radius 2 is 1.78 bits per heavy atom. The predicted molar refractivity (Wildman–Crippen MR) is 77.2 cm³/mol. The number of benzene rings is 1. The van der Waals surface area contributed by atoms with Crippen LogP contribution in [0.5, 0.6) is 0 Å². The van der Waals surface area contributed by atoms with Crippen LogP contribution in [0.2, 0.25) is 0 Å². The molecule has 122 valence electrons. The second-order valence-electron chi connectivity index (χ2n) is 5.37. The van der Waals surface area contributed by atoms with E-state index in [0.717, 1.165) is 4.90 Å². The molecule has 0 aromatic heterocycles. The Balaban J connectivity index is 1.72. The minimum atomic E-state index is -3.71. The van der Waals surface area contributed by atoms with E-state index in [2.05, 4.69) is 4.74 Å². The number of hydrogen-bond acceptors (Lipinski definition) is 6. The number of Topliss-reactive ketones (excluding diaryl/α,β-unsaturated/α-hetero) is 1. The molecule has 0 unspecified atom stereocenters. The molecule has 0 radical (unpaired) electrons. The second kappa shape index (κ2) is 5.43. The average molecular weight is 338 g/mol. The van der Waals surface area contributed by atoms with Gasteiger partial charge in [-0.1, -0.05) is 12.1 Å². The highest BCUT2D eigenvalue weighted by molar-refractivity contribution is 7.89. The third kappa shape index (κ3) is 2.62. The zero-order chi connectivity index (χ0) is 16.8. The van der Waals surface area contributed by atoms with E-state index < -0.39 is 28.1 Å². The van der Waals surface area contributed by atoms with Gasteiger partial charge in [0.05, 0.1) is 10.9 Å². The summed E-state index contributed by atoms with van der Waals surface area (Å²) in [6.07, 6.45) is -0.733. The number of carbonyl (C=O) groups is 3. The van der Waals surface area contributed by atoms with E-state index in [1.54, 1.807) is 0 Å². The maximum absolute atomic E-state index is 12.4. The molecular formula is C14H14N2O6S. The Kier molecular flexibility index (Phi) is 3.69. The SMILES string of the molecule is CC(=O)c1ccc(S(=O)(=O)N2CC(N3C(=O)COC3=O)C2)cc1. The van der Waals surface area contributed by atoms with Gasteiger partial charge < -0.3 is 4.74 Å². The van der Waals surface area contributed by atoms with Gasteiger partial charge in [-0.25, -0.2) is 18.1 Å². The van der Waals surface area contributed by atoms with E-state index in [1.165, 1.54) is 35.5 Å². The summed E-state index contributed by atoms with van der Waals surface area (Å²) in [5.41, 5.74) is 0.427. The number of ketones is 1. The normalized spacial score (nSPS) is 19.6. The van der Waals surface area contributed by atoms with Crippen molar-refractivity contribution in [3.8, 4) is 0 Å². The van der Waals surface area contributed by atoms with Crippen molar-refractivity contribution >= 4 is 27.8 Å². The summed E-state index contributed by atoms with van der Waals surface area (Å²) in [5.74, 6) is -0.605. The molecule has 2 aliphatic heterocycles. The van der Waals surface area contributed by atoms with E-state index in [0.29, 0.717) is 5.56 Å². The van der Waals surface area contributed by atoms with Gasteiger partial charge in [0, 0.05) is 18.7 Å². The van der Waals surface area contributed by atoms with Crippen LogP contribution < -0.4 is 0 Å². The molecule has 2 aliphatic rings. The first-order valence-electron chi connectivity index (χ1n) is 6.90. The summed E-state index contributed by atoms with van der Waals surface area (Å²) in [5, 5.41) is 0. The highest BCUT2D eigenvalue weighted by atomic mass is 32.2. The number of amides is 2. The molecule has 1 aromatic carbocycles. The summed E-state index contributed by atoms with van der Waals surface area (Å²) in [4.78, 5) is 35.2. The Morgan fingerprint density at radius 1 is 1.17 bits per heavy atom. The van der Waals surface area contributed by atoms with Crippen molar-refractivity contribution in [1.29, 1.82) is 0 Å². The minimum absolute atomic E-state index is 0.0393. The van der Waals surface area contributed by atoms with Gasteiger partial charge >= 0.3 is 6.09 Å². The van der Waals surface area contributed by atoms with Gasteiger partial charge in [-0.05, 0) is 19.1 Å². The van der Waals surface area contributed by atoms with Crippen LogP contribution in [0.3, 0.4) is 0 Å². The largest absolute Gasteiger partial charge is 0.439 e. The molecule has 2 fully saturated rings. The zero-order valence-corrected chi connectivity index (χ0v) is 13.1. The van der Waals surface area contributed by atoms with Gasteiger partial charge in [0.25, 0.3) is 5.91 Å². The molecule has 0 saturated carbocycles. The molecular weight excluding hydrogens is 324 g/mol. The van der Waals surface area contributed by atoms with Gasteiger partial charge in [0.2, 0.25) is 10.0 Å². The van der Waals surface area contributed by atoms with Crippen molar-refractivity contribution in [1.82, 2.24) is 9.21 Å². The maximum Gasteiger partial charge on any atom is 0.417 e. The first kappa shape index (κ1) is 15.6. The molecule has 0 atom stereocenters. The number of ether oxygens (including phenoxy) is 1. The standard InChI is InChI=1S/C14H14N2O6S/c1-9(17)10-2-4-12(5-3-10)23(20,21)15-6-11(7-15)16-13(18)8-22-14(16)19/h2-5,11H,6-8H2,1H3. The van der Waals surface area contributed by atoms with Crippen LogP contribution in [0.15, 0.2) is 29.2 Å².